The number of phenols is 1. The Morgan fingerprint density at radius 1 is 1.25 bits per heavy atom. The minimum Gasteiger partial charge on any atom is -0.508 e. The van der Waals surface area contributed by atoms with Gasteiger partial charge in [-0.25, -0.2) is 4.79 Å². The molecule has 0 bridgehead atoms. The van der Waals surface area contributed by atoms with Crippen molar-refractivity contribution >= 4 is 6.09 Å². The van der Waals surface area contributed by atoms with E-state index in [1.807, 2.05) is 6.07 Å². The quantitative estimate of drug-likeness (QED) is 0.671. The number of aliphatic hydroxyl groups is 2. The number of nitrogens with one attached hydrogen (secondary N) is 1. The van der Waals surface area contributed by atoms with Gasteiger partial charge in [0.1, 0.15) is 11.4 Å². The van der Waals surface area contributed by atoms with Crippen LogP contribution in [0.4, 0.5) is 4.79 Å². The zero-order chi connectivity index (χ0) is 18.0. The number of carbonyl (C=O) groups excluding carboxylic acids is 1. The maximum Gasteiger partial charge on any atom is 0.408 e. The monoisotopic (exact) mass is 337 g/mol. The van der Waals surface area contributed by atoms with E-state index in [9.17, 15) is 20.1 Å². The molecule has 0 saturated carbocycles. The smallest absolute Gasteiger partial charge is 0.408 e. The number of ether oxygens (including phenoxy) is 1. The van der Waals surface area contributed by atoms with Crippen LogP contribution in [0, 0.1) is 5.92 Å². The fourth-order valence-electron chi connectivity index (χ4n) is 3.21. The minimum absolute atomic E-state index is 0.128. The molecule has 1 atom stereocenters. The van der Waals surface area contributed by atoms with Gasteiger partial charge in [0.2, 0.25) is 0 Å². The number of carbonyl (C=O) groups is 1. The van der Waals surface area contributed by atoms with Gasteiger partial charge < -0.3 is 25.4 Å². The lowest BCUT2D eigenvalue weighted by atomic mass is 9.73. The lowest BCUT2D eigenvalue weighted by Crippen LogP contribution is -2.61. The first-order chi connectivity index (χ1) is 11.2. The second-order valence-corrected chi connectivity index (χ2v) is 7.49. The maximum absolute atomic E-state index is 12.1. The highest BCUT2D eigenvalue weighted by atomic mass is 16.6. The Morgan fingerprint density at radius 2 is 1.92 bits per heavy atom. The minimum atomic E-state index is -1.14. The van der Waals surface area contributed by atoms with Gasteiger partial charge in [0.05, 0.1) is 18.8 Å². The molecule has 0 fully saturated rings. The van der Waals surface area contributed by atoms with Crippen LogP contribution >= 0.6 is 0 Å². The second kappa shape index (κ2) is 6.99. The van der Waals surface area contributed by atoms with Crippen molar-refractivity contribution in [1.29, 1.82) is 0 Å². The van der Waals surface area contributed by atoms with E-state index in [1.54, 1.807) is 32.9 Å². The van der Waals surface area contributed by atoms with Crippen LogP contribution in [-0.2, 0) is 17.6 Å². The predicted octanol–water partition coefficient (Wildman–Crippen LogP) is 1.75. The Balaban J connectivity index is 2.18. The van der Waals surface area contributed by atoms with Crippen molar-refractivity contribution in [3.8, 4) is 5.75 Å². The molecule has 6 nitrogen and oxygen atoms in total. The number of hydrogen-bond donors (Lipinski definition) is 4. The number of amides is 1. The van der Waals surface area contributed by atoms with E-state index < -0.39 is 17.2 Å². The molecule has 24 heavy (non-hydrogen) atoms. The number of fused-ring (bicyclic) bond motifs is 1. The van der Waals surface area contributed by atoms with Crippen molar-refractivity contribution in [2.24, 2.45) is 5.92 Å². The van der Waals surface area contributed by atoms with Gasteiger partial charge in [-0.15, -0.1) is 0 Å². The lowest BCUT2D eigenvalue weighted by Gasteiger charge is -2.41. The molecule has 0 heterocycles. The third kappa shape index (κ3) is 4.19. The molecule has 1 amide bonds. The molecule has 0 saturated heterocycles. The van der Waals surface area contributed by atoms with Crippen molar-refractivity contribution in [1.82, 2.24) is 5.32 Å². The number of aromatic hydroxyl groups is 1. The SMILES string of the molecule is CC(C)(C)OC(=O)NC(CO)(CO)[C@H]1CCc2cc(O)ccc2C1. The predicted molar refractivity (Wildman–Crippen MR) is 89.9 cm³/mol. The standard InChI is InChI=1S/C18H27NO5/c1-17(2,3)24-16(23)19-18(10-20,11-21)14-6-4-13-9-15(22)7-5-12(13)8-14/h5,7,9,14,20-22H,4,6,8,10-11H2,1-3H3,(H,19,23)/t14-/m0/s1. The summed E-state index contributed by atoms with van der Waals surface area (Å²) in [5, 5.41) is 32.1. The van der Waals surface area contributed by atoms with Crippen LogP contribution in [0.1, 0.15) is 38.3 Å². The van der Waals surface area contributed by atoms with Crippen LogP contribution < -0.4 is 5.32 Å². The van der Waals surface area contributed by atoms with Gasteiger partial charge in [0.25, 0.3) is 0 Å². The molecule has 0 spiro atoms. The van der Waals surface area contributed by atoms with E-state index in [4.69, 9.17) is 4.74 Å². The van der Waals surface area contributed by atoms with Crippen molar-refractivity contribution in [3.05, 3.63) is 29.3 Å². The van der Waals surface area contributed by atoms with E-state index in [1.165, 1.54) is 0 Å². The summed E-state index contributed by atoms with van der Waals surface area (Å²) in [4.78, 5) is 12.1. The first-order valence-electron chi connectivity index (χ1n) is 8.23. The highest BCUT2D eigenvalue weighted by Crippen LogP contribution is 2.34. The van der Waals surface area contributed by atoms with Crippen molar-refractivity contribution in [3.63, 3.8) is 0 Å². The number of alkyl carbamates (subject to hydrolysis) is 1. The van der Waals surface area contributed by atoms with Crippen molar-refractivity contribution in [2.75, 3.05) is 13.2 Å². The highest BCUT2D eigenvalue weighted by molar-refractivity contribution is 5.69. The Bertz CT molecular complexity index is 590. The Labute approximate surface area is 142 Å². The molecule has 1 aromatic carbocycles. The first kappa shape index (κ1) is 18.5. The molecule has 2 rings (SSSR count). The molecule has 0 aliphatic heterocycles. The third-order valence-corrected chi connectivity index (χ3v) is 4.51. The Morgan fingerprint density at radius 3 is 2.50 bits per heavy atom. The topological polar surface area (TPSA) is 99.0 Å². The largest absolute Gasteiger partial charge is 0.508 e. The van der Waals surface area contributed by atoms with Crippen LogP contribution in [0.15, 0.2) is 18.2 Å². The zero-order valence-electron chi connectivity index (χ0n) is 14.5. The molecular weight excluding hydrogens is 310 g/mol. The fraction of sp³-hybridized carbons (Fsp3) is 0.611. The van der Waals surface area contributed by atoms with Crippen LogP contribution in [-0.4, -0.2) is 45.8 Å². The number of benzene rings is 1. The summed E-state index contributed by atoms with van der Waals surface area (Å²) in [6, 6.07) is 5.22. The average molecular weight is 337 g/mol. The van der Waals surface area contributed by atoms with Gasteiger partial charge in [-0.3, -0.25) is 0 Å². The van der Waals surface area contributed by atoms with Crippen LogP contribution in [0.2, 0.25) is 0 Å². The number of phenolic OH excluding ortho intramolecular Hbond substituents is 1. The number of aryl methyl sites for hydroxylation is 1. The van der Waals surface area contributed by atoms with Crippen molar-refractivity contribution in [2.45, 2.75) is 51.2 Å². The normalized spacial score (nSPS) is 18.0. The molecular formula is C18H27NO5. The van der Waals surface area contributed by atoms with E-state index in [0.29, 0.717) is 19.3 Å². The van der Waals surface area contributed by atoms with E-state index >= 15 is 0 Å². The van der Waals surface area contributed by atoms with Gasteiger partial charge in [0, 0.05) is 0 Å². The fourth-order valence-corrected chi connectivity index (χ4v) is 3.21. The number of rotatable bonds is 4. The third-order valence-electron chi connectivity index (χ3n) is 4.51. The van der Waals surface area contributed by atoms with Gasteiger partial charge in [-0.2, -0.15) is 0 Å². The molecule has 0 unspecified atom stereocenters. The average Bonchev–Trinajstić information content (AvgIpc) is 2.50. The Kier molecular flexibility index (Phi) is 5.40. The molecule has 0 aromatic heterocycles. The molecule has 0 radical (unpaired) electrons. The number of aliphatic hydroxyl groups excluding tert-OH is 2. The van der Waals surface area contributed by atoms with E-state index in [2.05, 4.69) is 5.32 Å². The van der Waals surface area contributed by atoms with Crippen LogP contribution in [0.3, 0.4) is 0 Å². The van der Waals surface area contributed by atoms with Gasteiger partial charge in [-0.1, -0.05) is 6.07 Å². The van der Waals surface area contributed by atoms with Gasteiger partial charge in [-0.05, 0) is 69.2 Å². The summed E-state index contributed by atoms with van der Waals surface area (Å²) in [5.41, 5.74) is 0.324. The molecule has 1 aliphatic rings. The Hall–Kier alpha value is -1.79. The van der Waals surface area contributed by atoms with E-state index in [-0.39, 0.29) is 24.9 Å². The first-order valence-corrected chi connectivity index (χ1v) is 8.23. The molecule has 134 valence electrons. The van der Waals surface area contributed by atoms with E-state index in [0.717, 1.165) is 11.1 Å². The summed E-state index contributed by atoms with van der Waals surface area (Å²) in [5.74, 6) is 0.103. The highest BCUT2D eigenvalue weighted by Gasteiger charge is 2.41. The molecule has 6 heteroatoms. The summed E-state index contributed by atoms with van der Waals surface area (Å²) in [6.07, 6.45) is 1.36. The van der Waals surface area contributed by atoms with Crippen LogP contribution in [0.5, 0.6) is 5.75 Å². The zero-order valence-corrected chi connectivity index (χ0v) is 14.5. The molecule has 4 N–H and O–H groups in total. The lowest BCUT2D eigenvalue weighted by molar-refractivity contribution is 0.00932. The molecule has 1 aromatic rings. The summed E-state index contributed by atoms with van der Waals surface area (Å²) >= 11 is 0. The van der Waals surface area contributed by atoms with Gasteiger partial charge in [0.15, 0.2) is 0 Å². The second-order valence-electron chi connectivity index (χ2n) is 7.49. The maximum atomic E-state index is 12.1. The molecule has 1 aliphatic carbocycles. The van der Waals surface area contributed by atoms with Crippen LogP contribution in [0.25, 0.3) is 0 Å². The van der Waals surface area contributed by atoms with Gasteiger partial charge >= 0.3 is 6.09 Å². The summed E-state index contributed by atoms with van der Waals surface area (Å²) in [6.45, 7) is 4.53. The summed E-state index contributed by atoms with van der Waals surface area (Å²) < 4.78 is 5.27. The number of hydrogen-bond acceptors (Lipinski definition) is 5. The van der Waals surface area contributed by atoms with Crippen molar-refractivity contribution < 1.29 is 24.9 Å². The summed E-state index contributed by atoms with van der Waals surface area (Å²) in [7, 11) is 0.